The average molecular weight is 265 g/mol. The maximum atomic E-state index is 10.8. The highest BCUT2D eigenvalue weighted by Gasteiger charge is 2.01. The molecule has 0 amide bonds. The first-order valence-electron chi connectivity index (χ1n) is 4.54. The predicted octanol–water partition coefficient (Wildman–Crippen LogP) is 2.12. The molecule has 0 saturated carbocycles. The number of halogens is 1. The maximum Gasteiger partial charge on any atom is 0.264 e. The summed E-state index contributed by atoms with van der Waals surface area (Å²) in [6.07, 6.45) is 0.707. The smallest absolute Gasteiger partial charge is 0.264 e. The number of rotatable bonds is 2. The molecule has 0 radical (unpaired) electrons. The van der Waals surface area contributed by atoms with Crippen molar-refractivity contribution >= 4 is 15.9 Å². The van der Waals surface area contributed by atoms with Crippen molar-refractivity contribution in [3.8, 4) is 0 Å². The zero-order valence-corrected chi connectivity index (χ0v) is 9.49. The number of hydrogen-bond acceptors (Lipinski definition) is 2. The molecule has 0 atom stereocenters. The van der Waals surface area contributed by atoms with Gasteiger partial charge in [-0.05, 0) is 17.7 Å². The van der Waals surface area contributed by atoms with Gasteiger partial charge in [0.25, 0.3) is 5.56 Å². The van der Waals surface area contributed by atoms with Crippen LogP contribution >= 0.6 is 15.9 Å². The largest absolute Gasteiger partial charge is 0.268 e. The molecule has 1 aromatic carbocycles. The van der Waals surface area contributed by atoms with E-state index in [9.17, 15) is 4.79 Å². The SMILES string of the molecule is O=c1ccc(Cc2ccccc2Br)n[nH]1. The summed E-state index contributed by atoms with van der Waals surface area (Å²) in [6.45, 7) is 0. The summed E-state index contributed by atoms with van der Waals surface area (Å²) in [4.78, 5) is 10.8. The Morgan fingerprint density at radius 3 is 2.67 bits per heavy atom. The summed E-state index contributed by atoms with van der Waals surface area (Å²) in [5.41, 5.74) is 1.82. The number of aromatic amines is 1. The molecule has 76 valence electrons. The summed E-state index contributed by atoms with van der Waals surface area (Å²) in [6, 6.07) is 11.2. The first kappa shape index (κ1) is 10.1. The number of nitrogens with one attached hydrogen (secondary N) is 1. The van der Waals surface area contributed by atoms with Crippen LogP contribution in [0, 0.1) is 0 Å². The molecule has 0 saturated heterocycles. The van der Waals surface area contributed by atoms with Crippen LogP contribution in [0.25, 0.3) is 0 Å². The van der Waals surface area contributed by atoms with Gasteiger partial charge in [0.15, 0.2) is 0 Å². The minimum atomic E-state index is -0.175. The van der Waals surface area contributed by atoms with Gasteiger partial charge in [-0.15, -0.1) is 0 Å². The van der Waals surface area contributed by atoms with Gasteiger partial charge in [0.2, 0.25) is 0 Å². The van der Waals surface area contributed by atoms with Gasteiger partial charge in [-0.25, -0.2) is 5.10 Å². The fourth-order valence-corrected chi connectivity index (χ4v) is 1.73. The van der Waals surface area contributed by atoms with Crippen molar-refractivity contribution in [3.63, 3.8) is 0 Å². The van der Waals surface area contributed by atoms with Crippen LogP contribution in [0.15, 0.2) is 45.7 Å². The fraction of sp³-hybridized carbons (Fsp3) is 0.0909. The molecule has 1 N–H and O–H groups in total. The standard InChI is InChI=1S/C11H9BrN2O/c12-10-4-2-1-3-8(10)7-9-5-6-11(15)14-13-9/h1-6H,7H2,(H,14,15). The topological polar surface area (TPSA) is 45.8 Å². The molecule has 0 spiro atoms. The predicted molar refractivity (Wildman–Crippen MR) is 61.8 cm³/mol. The Labute approximate surface area is 95.3 Å². The van der Waals surface area contributed by atoms with Gasteiger partial charge in [-0.3, -0.25) is 4.79 Å². The van der Waals surface area contributed by atoms with E-state index in [0.29, 0.717) is 6.42 Å². The Hall–Kier alpha value is -1.42. The third-order valence-corrected chi connectivity index (χ3v) is 2.84. The van der Waals surface area contributed by atoms with Crippen LogP contribution in [-0.4, -0.2) is 10.2 Å². The van der Waals surface area contributed by atoms with Crippen molar-refractivity contribution in [1.82, 2.24) is 10.2 Å². The number of aromatic nitrogens is 2. The Bertz CT molecular complexity index is 501. The lowest BCUT2D eigenvalue weighted by Gasteiger charge is -2.02. The first-order chi connectivity index (χ1) is 7.25. The lowest BCUT2D eigenvalue weighted by Crippen LogP contribution is -2.07. The van der Waals surface area contributed by atoms with Crippen LogP contribution in [-0.2, 0) is 6.42 Å². The van der Waals surface area contributed by atoms with Crippen LogP contribution in [0.5, 0.6) is 0 Å². The van der Waals surface area contributed by atoms with Gasteiger partial charge in [-0.1, -0.05) is 34.1 Å². The van der Waals surface area contributed by atoms with E-state index < -0.39 is 0 Å². The summed E-state index contributed by atoms with van der Waals surface area (Å²) < 4.78 is 1.05. The lowest BCUT2D eigenvalue weighted by molar-refractivity contribution is 0.909. The van der Waals surface area contributed by atoms with E-state index in [1.54, 1.807) is 6.07 Å². The van der Waals surface area contributed by atoms with E-state index in [1.807, 2.05) is 24.3 Å². The lowest BCUT2D eigenvalue weighted by atomic mass is 10.1. The van der Waals surface area contributed by atoms with Crippen molar-refractivity contribution in [2.45, 2.75) is 6.42 Å². The molecule has 1 aromatic heterocycles. The minimum Gasteiger partial charge on any atom is -0.268 e. The second kappa shape index (κ2) is 4.40. The summed E-state index contributed by atoms with van der Waals surface area (Å²) in [5, 5.41) is 6.38. The summed E-state index contributed by atoms with van der Waals surface area (Å²) >= 11 is 3.47. The molecule has 2 aromatic rings. The van der Waals surface area contributed by atoms with E-state index in [0.717, 1.165) is 15.7 Å². The molecule has 0 unspecified atom stereocenters. The zero-order chi connectivity index (χ0) is 10.7. The van der Waals surface area contributed by atoms with Crippen molar-refractivity contribution in [2.24, 2.45) is 0 Å². The van der Waals surface area contributed by atoms with Gasteiger partial charge in [0.1, 0.15) is 0 Å². The molecule has 0 aliphatic heterocycles. The van der Waals surface area contributed by atoms with Crippen LogP contribution in [0.3, 0.4) is 0 Å². The van der Waals surface area contributed by atoms with E-state index in [1.165, 1.54) is 6.07 Å². The van der Waals surface area contributed by atoms with E-state index in [2.05, 4.69) is 26.1 Å². The van der Waals surface area contributed by atoms with Crippen molar-refractivity contribution in [2.75, 3.05) is 0 Å². The normalized spacial score (nSPS) is 10.2. The number of hydrogen-bond donors (Lipinski definition) is 1. The third kappa shape index (κ3) is 2.53. The summed E-state index contributed by atoms with van der Waals surface area (Å²) in [7, 11) is 0. The molecule has 0 aliphatic carbocycles. The van der Waals surface area contributed by atoms with Crippen molar-refractivity contribution in [3.05, 3.63) is 62.5 Å². The van der Waals surface area contributed by atoms with Gasteiger partial charge in [-0.2, -0.15) is 5.10 Å². The Balaban J connectivity index is 2.26. The van der Waals surface area contributed by atoms with Gasteiger partial charge in [0.05, 0.1) is 5.69 Å². The van der Waals surface area contributed by atoms with Crippen molar-refractivity contribution < 1.29 is 0 Å². The average Bonchev–Trinajstić information content (AvgIpc) is 2.25. The molecule has 0 fully saturated rings. The molecule has 2 rings (SSSR count). The summed E-state index contributed by atoms with van der Waals surface area (Å²) in [5.74, 6) is 0. The highest BCUT2D eigenvalue weighted by Crippen LogP contribution is 2.17. The van der Waals surface area contributed by atoms with Gasteiger partial charge < -0.3 is 0 Å². The molecule has 1 heterocycles. The third-order valence-electron chi connectivity index (χ3n) is 2.07. The monoisotopic (exact) mass is 264 g/mol. The maximum absolute atomic E-state index is 10.8. The van der Waals surface area contributed by atoms with Gasteiger partial charge in [0, 0.05) is 17.0 Å². The number of H-pyrrole nitrogens is 1. The van der Waals surface area contributed by atoms with E-state index >= 15 is 0 Å². The highest BCUT2D eigenvalue weighted by molar-refractivity contribution is 9.10. The van der Waals surface area contributed by atoms with E-state index in [4.69, 9.17) is 0 Å². The second-order valence-electron chi connectivity index (χ2n) is 3.18. The number of nitrogens with zero attached hydrogens (tertiary/aromatic N) is 1. The van der Waals surface area contributed by atoms with Crippen LogP contribution in [0.2, 0.25) is 0 Å². The molecular weight excluding hydrogens is 256 g/mol. The first-order valence-corrected chi connectivity index (χ1v) is 5.33. The minimum absolute atomic E-state index is 0.175. The van der Waals surface area contributed by atoms with Crippen molar-refractivity contribution in [1.29, 1.82) is 0 Å². The Morgan fingerprint density at radius 2 is 2.00 bits per heavy atom. The molecule has 0 bridgehead atoms. The molecule has 3 nitrogen and oxygen atoms in total. The second-order valence-corrected chi connectivity index (χ2v) is 4.04. The Kier molecular flexibility index (Phi) is 2.97. The molecule has 15 heavy (non-hydrogen) atoms. The van der Waals surface area contributed by atoms with Gasteiger partial charge >= 0.3 is 0 Å². The van der Waals surface area contributed by atoms with Crippen LogP contribution in [0.4, 0.5) is 0 Å². The quantitative estimate of drug-likeness (QED) is 0.904. The van der Waals surface area contributed by atoms with E-state index in [-0.39, 0.29) is 5.56 Å². The number of benzene rings is 1. The van der Waals surface area contributed by atoms with Crippen LogP contribution < -0.4 is 5.56 Å². The zero-order valence-electron chi connectivity index (χ0n) is 7.90. The molecular formula is C11H9BrN2O. The molecule has 4 heteroatoms. The Morgan fingerprint density at radius 1 is 1.20 bits per heavy atom. The highest BCUT2D eigenvalue weighted by atomic mass is 79.9. The molecule has 0 aliphatic rings. The van der Waals surface area contributed by atoms with Crippen LogP contribution in [0.1, 0.15) is 11.3 Å². The fourth-order valence-electron chi connectivity index (χ4n) is 1.31.